The molecule has 4 aromatic rings. The van der Waals surface area contributed by atoms with E-state index in [1.807, 2.05) is 54.6 Å². The molecule has 0 aliphatic heterocycles. The first-order valence-corrected chi connectivity index (χ1v) is 8.72. The number of anilines is 1. The predicted molar refractivity (Wildman–Crippen MR) is 105 cm³/mol. The molecule has 0 radical (unpaired) electrons. The summed E-state index contributed by atoms with van der Waals surface area (Å²) in [6.45, 7) is 0.482. The van der Waals surface area contributed by atoms with E-state index in [-0.39, 0.29) is 11.9 Å². The molecule has 0 saturated carbocycles. The third kappa shape index (κ3) is 4.24. The summed E-state index contributed by atoms with van der Waals surface area (Å²) in [6, 6.07) is 21.1. The molecule has 2 aromatic heterocycles. The summed E-state index contributed by atoms with van der Waals surface area (Å²) < 4.78 is 10.9. The number of pyridine rings is 1. The van der Waals surface area contributed by atoms with Crippen LogP contribution in [0.5, 0.6) is 5.75 Å². The number of nitrogens with zero attached hydrogens (tertiary/aromatic N) is 2. The maximum Gasteiger partial charge on any atom is 0.301 e. The van der Waals surface area contributed by atoms with Gasteiger partial charge < -0.3 is 9.15 Å². The highest BCUT2D eigenvalue weighted by Gasteiger charge is 2.11. The molecule has 0 aliphatic carbocycles. The lowest BCUT2D eigenvalue weighted by atomic mass is 10.1. The molecule has 0 atom stereocenters. The number of carbonyl (C=O) groups is 1. The van der Waals surface area contributed by atoms with Crippen LogP contribution in [0.25, 0.3) is 11.3 Å². The summed E-state index contributed by atoms with van der Waals surface area (Å²) in [5.41, 5.74) is 3.08. The zero-order chi connectivity index (χ0) is 19.2. The van der Waals surface area contributed by atoms with Crippen LogP contribution in [-0.2, 0) is 6.61 Å². The van der Waals surface area contributed by atoms with Gasteiger partial charge in [0, 0.05) is 17.3 Å². The number of carbonyl (C=O) groups excluding carboxylic acids is 1. The van der Waals surface area contributed by atoms with Crippen molar-refractivity contribution >= 4 is 11.9 Å². The Hall–Kier alpha value is -3.93. The van der Waals surface area contributed by atoms with E-state index in [0.717, 1.165) is 16.9 Å². The molecule has 2 heterocycles. The average molecular weight is 371 g/mol. The zero-order valence-corrected chi connectivity index (χ0v) is 14.9. The van der Waals surface area contributed by atoms with Crippen LogP contribution < -0.4 is 10.1 Å². The Morgan fingerprint density at radius 1 is 0.964 bits per heavy atom. The third-order valence-electron chi connectivity index (χ3n) is 4.05. The first-order chi connectivity index (χ1) is 13.8. The SMILES string of the molecule is O=C(Nc1ncco1)c1ccnc(-c2cccc(OCc3ccccc3)c2)c1. The highest BCUT2D eigenvalue weighted by molar-refractivity contribution is 6.03. The number of amides is 1. The molecule has 4 rings (SSSR count). The molecule has 28 heavy (non-hydrogen) atoms. The molecule has 138 valence electrons. The van der Waals surface area contributed by atoms with Crippen LogP contribution in [-0.4, -0.2) is 15.9 Å². The number of rotatable bonds is 6. The Labute approximate surface area is 161 Å². The van der Waals surface area contributed by atoms with Gasteiger partial charge in [0.2, 0.25) is 0 Å². The van der Waals surface area contributed by atoms with Crippen molar-refractivity contribution in [1.29, 1.82) is 0 Å². The van der Waals surface area contributed by atoms with Crippen LogP contribution in [0.15, 0.2) is 89.8 Å². The number of hydrogen-bond donors (Lipinski definition) is 1. The molecule has 0 aliphatic rings. The van der Waals surface area contributed by atoms with Crippen molar-refractivity contribution in [3.8, 4) is 17.0 Å². The molecular weight excluding hydrogens is 354 g/mol. The van der Waals surface area contributed by atoms with Crippen LogP contribution in [0.4, 0.5) is 6.01 Å². The Kier molecular flexibility index (Phi) is 5.11. The standard InChI is InChI=1S/C22H17N3O3/c26-21(25-22-24-11-12-27-22)18-9-10-23-20(14-18)17-7-4-8-19(13-17)28-15-16-5-2-1-3-6-16/h1-14H,15H2,(H,24,25,26). The minimum absolute atomic E-state index is 0.152. The minimum Gasteiger partial charge on any atom is -0.489 e. The van der Waals surface area contributed by atoms with Crippen molar-refractivity contribution < 1.29 is 13.9 Å². The van der Waals surface area contributed by atoms with Crippen molar-refractivity contribution in [1.82, 2.24) is 9.97 Å². The molecule has 6 heteroatoms. The summed E-state index contributed by atoms with van der Waals surface area (Å²) in [4.78, 5) is 20.6. The number of aromatic nitrogens is 2. The van der Waals surface area contributed by atoms with Gasteiger partial charge in [-0.2, -0.15) is 0 Å². The van der Waals surface area contributed by atoms with Gasteiger partial charge in [-0.05, 0) is 29.8 Å². The lowest BCUT2D eigenvalue weighted by Gasteiger charge is -2.09. The van der Waals surface area contributed by atoms with E-state index in [9.17, 15) is 4.79 Å². The fraction of sp³-hybridized carbons (Fsp3) is 0.0455. The molecule has 1 N–H and O–H groups in total. The van der Waals surface area contributed by atoms with Crippen molar-refractivity contribution in [3.63, 3.8) is 0 Å². The van der Waals surface area contributed by atoms with Crippen LogP contribution in [0.1, 0.15) is 15.9 Å². The molecular formula is C22H17N3O3. The zero-order valence-electron chi connectivity index (χ0n) is 14.9. The number of hydrogen-bond acceptors (Lipinski definition) is 5. The lowest BCUT2D eigenvalue weighted by molar-refractivity contribution is 0.102. The molecule has 0 bridgehead atoms. The topological polar surface area (TPSA) is 77.3 Å². The van der Waals surface area contributed by atoms with E-state index in [1.54, 1.807) is 18.3 Å². The normalized spacial score (nSPS) is 10.4. The summed E-state index contributed by atoms with van der Waals surface area (Å²) in [5.74, 6) is 0.417. The summed E-state index contributed by atoms with van der Waals surface area (Å²) in [7, 11) is 0. The van der Waals surface area contributed by atoms with Crippen LogP contribution >= 0.6 is 0 Å². The fourth-order valence-electron chi connectivity index (χ4n) is 2.67. The van der Waals surface area contributed by atoms with E-state index in [4.69, 9.17) is 9.15 Å². The van der Waals surface area contributed by atoms with E-state index < -0.39 is 0 Å². The molecule has 1 amide bonds. The van der Waals surface area contributed by atoms with Crippen LogP contribution in [0.3, 0.4) is 0 Å². The van der Waals surface area contributed by atoms with Crippen molar-refractivity contribution in [2.24, 2.45) is 0 Å². The molecule has 2 aromatic carbocycles. The second-order valence-electron chi connectivity index (χ2n) is 6.02. The van der Waals surface area contributed by atoms with Crippen molar-refractivity contribution in [3.05, 3.63) is 96.5 Å². The summed E-state index contributed by atoms with van der Waals surface area (Å²) >= 11 is 0. The minimum atomic E-state index is -0.317. The van der Waals surface area contributed by atoms with Gasteiger partial charge in [-0.3, -0.25) is 15.1 Å². The molecule has 0 saturated heterocycles. The second kappa shape index (κ2) is 8.18. The number of benzene rings is 2. The van der Waals surface area contributed by atoms with Gasteiger partial charge in [-0.1, -0.05) is 42.5 Å². The van der Waals surface area contributed by atoms with Gasteiger partial charge in [0.15, 0.2) is 0 Å². The Morgan fingerprint density at radius 3 is 2.68 bits per heavy atom. The quantitative estimate of drug-likeness (QED) is 0.537. The fourth-order valence-corrected chi connectivity index (χ4v) is 2.67. The average Bonchev–Trinajstić information content (AvgIpc) is 3.26. The van der Waals surface area contributed by atoms with Crippen LogP contribution in [0, 0.1) is 0 Å². The predicted octanol–water partition coefficient (Wildman–Crippen LogP) is 4.57. The highest BCUT2D eigenvalue weighted by Crippen LogP contribution is 2.24. The highest BCUT2D eigenvalue weighted by atomic mass is 16.5. The summed E-state index contributed by atoms with van der Waals surface area (Å²) in [5, 5.41) is 2.60. The van der Waals surface area contributed by atoms with Gasteiger partial charge in [0.25, 0.3) is 5.91 Å². The second-order valence-corrected chi connectivity index (χ2v) is 6.02. The lowest BCUT2D eigenvalue weighted by Crippen LogP contribution is -2.12. The van der Waals surface area contributed by atoms with E-state index in [0.29, 0.717) is 17.9 Å². The summed E-state index contributed by atoms with van der Waals surface area (Å²) in [6.07, 6.45) is 4.46. The van der Waals surface area contributed by atoms with E-state index in [2.05, 4.69) is 15.3 Å². The maximum absolute atomic E-state index is 12.4. The molecule has 6 nitrogen and oxygen atoms in total. The largest absolute Gasteiger partial charge is 0.489 e. The van der Waals surface area contributed by atoms with Crippen LogP contribution in [0.2, 0.25) is 0 Å². The first-order valence-electron chi connectivity index (χ1n) is 8.72. The van der Waals surface area contributed by atoms with E-state index in [1.165, 1.54) is 12.5 Å². The Morgan fingerprint density at radius 2 is 1.86 bits per heavy atom. The smallest absolute Gasteiger partial charge is 0.301 e. The van der Waals surface area contributed by atoms with Crippen molar-refractivity contribution in [2.75, 3.05) is 5.32 Å². The number of oxazole rings is 1. The monoisotopic (exact) mass is 371 g/mol. The van der Waals surface area contributed by atoms with Gasteiger partial charge >= 0.3 is 6.01 Å². The number of nitrogens with one attached hydrogen (secondary N) is 1. The Bertz CT molecular complexity index is 1060. The van der Waals surface area contributed by atoms with Gasteiger partial charge in [0.05, 0.1) is 11.9 Å². The molecule has 0 fully saturated rings. The van der Waals surface area contributed by atoms with Crippen molar-refractivity contribution in [2.45, 2.75) is 6.61 Å². The van der Waals surface area contributed by atoms with E-state index >= 15 is 0 Å². The molecule has 0 unspecified atom stereocenters. The third-order valence-corrected chi connectivity index (χ3v) is 4.05. The van der Waals surface area contributed by atoms with Gasteiger partial charge in [0.1, 0.15) is 18.6 Å². The van der Waals surface area contributed by atoms with Gasteiger partial charge in [-0.25, -0.2) is 4.98 Å². The molecule has 0 spiro atoms. The number of ether oxygens (including phenoxy) is 1. The maximum atomic E-state index is 12.4. The van der Waals surface area contributed by atoms with Gasteiger partial charge in [-0.15, -0.1) is 0 Å². The first kappa shape index (κ1) is 17.5. The Balaban J connectivity index is 1.50.